The van der Waals surface area contributed by atoms with E-state index in [0.717, 1.165) is 11.1 Å². The average Bonchev–Trinajstić information content (AvgIpc) is 2.73. The van der Waals surface area contributed by atoms with Crippen molar-refractivity contribution in [2.75, 3.05) is 6.61 Å². The minimum Gasteiger partial charge on any atom is -0.484 e. The minimum atomic E-state index is -0.540. The molecular formula is C21H18ClFN2O3. The molecule has 1 heterocycles. The second kappa shape index (κ2) is 9.71. The summed E-state index contributed by atoms with van der Waals surface area (Å²) in [5, 5.41) is 2.68. The Morgan fingerprint density at radius 2 is 1.86 bits per heavy atom. The highest BCUT2D eigenvalue weighted by Gasteiger charge is 2.06. The standard InChI is InChI=1S/C21H18ClFN2O3/c22-18-11-17(6-7-19(18)23)27-14-20(26)25-12-16-8-9-24-21(10-16)28-13-15-4-2-1-3-5-15/h1-11H,12-14H2,(H,25,26). The first-order valence-electron chi connectivity index (χ1n) is 8.56. The Bertz CT molecular complexity index is 938. The quantitative estimate of drug-likeness (QED) is 0.617. The van der Waals surface area contributed by atoms with Crippen LogP contribution in [0.15, 0.2) is 66.9 Å². The van der Waals surface area contributed by atoms with Crippen molar-refractivity contribution in [3.05, 3.63) is 88.8 Å². The lowest BCUT2D eigenvalue weighted by molar-refractivity contribution is -0.123. The molecule has 1 aromatic heterocycles. The van der Waals surface area contributed by atoms with Crippen LogP contribution in [0.4, 0.5) is 4.39 Å². The molecule has 3 aromatic rings. The second-order valence-corrected chi connectivity index (χ2v) is 6.33. The molecule has 0 radical (unpaired) electrons. The Labute approximate surface area is 167 Å². The SMILES string of the molecule is O=C(COc1ccc(F)c(Cl)c1)NCc1ccnc(OCc2ccccc2)c1. The summed E-state index contributed by atoms with van der Waals surface area (Å²) in [6, 6.07) is 17.2. The van der Waals surface area contributed by atoms with Gasteiger partial charge in [-0.1, -0.05) is 41.9 Å². The van der Waals surface area contributed by atoms with Crippen LogP contribution in [0.1, 0.15) is 11.1 Å². The van der Waals surface area contributed by atoms with Crippen LogP contribution in [0.3, 0.4) is 0 Å². The molecule has 0 saturated carbocycles. The fraction of sp³-hybridized carbons (Fsp3) is 0.143. The molecule has 0 atom stereocenters. The number of ether oxygens (including phenoxy) is 2. The largest absolute Gasteiger partial charge is 0.484 e. The maximum Gasteiger partial charge on any atom is 0.258 e. The van der Waals surface area contributed by atoms with Crippen LogP contribution in [0.2, 0.25) is 5.02 Å². The lowest BCUT2D eigenvalue weighted by atomic mass is 10.2. The van der Waals surface area contributed by atoms with E-state index in [0.29, 0.717) is 24.8 Å². The highest BCUT2D eigenvalue weighted by molar-refractivity contribution is 6.30. The molecule has 0 aliphatic heterocycles. The van der Waals surface area contributed by atoms with Gasteiger partial charge in [-0.25, -0.2) is 9.37 Å². The van der Waals surface area contributed by atoms with E-state index >= 15 is 0 Å². The Morgan fingerprint density at radius 3 is 2.64 bits per heavy atom. The van der Waals surface area contributed by atoms with Crippen molar-refractivity contribution in [2.45, 2.75) is 13.2 Å². The van der Waals surface area contributed by atoms with Gasteiger partial charge in [0.15, 0.2) is 6.61 Å². The molecule has 3 rings (SSSR count). The predicted octanol–water partition coefficient (Wildman–Crippen LogP) is 4.15. The fourth-order valence-electron chi connectivity index (χ4n) is 2.34. The third kappa shape index (κ3) is 5.96. The van der Waals surface area contributed by atoms with Crippen molar-refractivity contribution in [3.8, 4) is 11.6 Å². The van der Waals surface area contributed by atoms with E-state index in [2.05, 4.69) is 10.3 Å². The molecule has 0 unspecified atom stereocenters. The summed E-state index contributed by atoms with van der Waals surface area (Å²) in [6.07, 6.45) is 1.62. The molecular weight excluding hydrogens is 383 g/mol. The van der Waals surface area contributed by atoms with Crippen molar-refractivity contribution in [3.63, 3.8) is 0 Å². The Morgan fingerprint density at radius 1 is 1.04 bits per heavy atom. The van der Waals surface area contributed by atoms with Crippen LogP contribution in [-0.2, 0) is 17.9 Å². The van der Waals surface area contributed by atoms with Gasteiger partial charge in [-0.2, -0.15) is 0 Å². The third-order valence-corrected chi connectivity index (χ3v) is 4.07. The molecule has 1 amide bonds. The van der Waals surface area contributed by atoms with Crippen LogP contribution >= 0.6 is 11.6 Å². The summed E-state index contributed by atoms with van der Waals surface area (Å²) < 4.78 is 24.1. The van der Waals surface area contributed by atoms with E-state index in [9.17, 15) is 9.18 Å². The first-order chi connectivity index (χ1) is 13.6. The Kier molecular flexibility index (Phi) is 6.81. The Hall–Kier alpha value is -3.12. The second-order valence-electron chi connectivity index (χ2n) is 5.92. The number of carbonyl (C=O) groups excluding carboxylic acids is 1. The zero-order valence-electron chi connectivity index (χ0n) is 14.9. The van der Waals surface area contributed by atoms with Gasteiger partial charge in [0.1, 0.15) is 18.2 Å². The number of pyridine rings is 1. The number of hydrogen-bond acceptors (Lipinski definition) is 4. The number of benzene rings is 2. The number of amides is 1. The Balaban J connectivity index is 1.46. The van der Waals surface area contributed by atoms with Crippen molar-refractivity contribution in [1.29, 1.82) is 0 Å². The maximum absolute atomic E-state index is 13.1. The average molecular weight is 401 g/mol. The number of carbonyl (C=O) groups is 1. The predicted molar refractivity (Wildman–Crippen MR) is 104 cm³/mol. The normalized spacial score (nSPS) is 10.4. The van der Waals surface area contributed by atoms with Crippen molar-refractivity contribution < 1.29 is 18.7 Å². The van der Waals surface area contributed by atoms with Crippen LogP contribution < -0.4 is 14.8 Å². The van der Waals surface area contributed by atoms with Crippen LogP contribution in [0.5, 0.6) is 11.6 Å². The van der Waals surface area contributed by atoms with Crippen LogP contribution in [0.25, 0.3) is 0 Å². The molecule has 7 heteroatoms. The van der Waals surface area contributed by atoms with E-state index in [-0.39, 0.29) is 17.5 Å². The first kappa shape index (κ1) is 19.6. The summed E-state index contributed by atoms with van der Waals surface area (Å²) in [7, 11) is 0. The molecule has 28 heavy (non-hydrogen) atoms. The van der Waals surface area contributed by atoms with Gasteiger partial charge < -0.3 is 14.8 Å². The molecule has 0 aliphatic carbocycles. The van der Waals surface area contributed by atoms with Crippen molar-refractivity contribution >= 4 is 17.5 Å². The lowest BCUT2D eigenvalue weighted by Gasteiger charge is -2.09. The number of nitrogens with one attached hydrogen (secondary N) is 1. The zero-order chi connectivity index (χ0) is 19.8. The van der Waals surface area contributed by atoms with Gasteiger partial charge in [-0.05, 0) is 29.3 Å². The van der Waals surface area contributed by atoms with Crippen LogP contribution in [0, 0.1) is 5.82 Å². The molecule has 0 saturated heterocycles. The number of rotatable bonds is 8. The number of halogens is 2. The summed E-state index contributed by atoms with van der Waals surface area (Å²) in [5.74, 6) is -0.0553. The first-order valence-corrected chi connectivity index (χ1v) is 8.94. The highest BCUT2D eigenvalue weighted by Crippen LogP contribution is 2.21. The van der Waals surface area contributed by atoms with E-state index in [1.807, 2.05) is 30.3 Å². The van der Waals surface area contributed by atoms with E-state index in [1.165, 1.54) is 18.2 Å². The number of nitrogens with zero attached hydrogens (tertiary/aromatic N) is 1. The van der Waals surface area contributed by atoms with Gasteiger partial charge in [0, 0.05) is 24.9 Å². The molecule has 1 N–H and O–H groups in total. The zero-order valence-corrected chi connectivity index (χ0v) is 15.7. The van der Waals surface area contributed by atoms with Gasteiger partial charge in [0.25, 0.3) is 5.91 Å². The topological polar surface area (TPSA) is 60.5 Å². The van der Waals surface area contributed by atoms with E-state index < -0.39 is 5.82 Å². The molecule has 0 fully saturated rings. The molecule has 0 bridgehead atoms. The highest BCUT2D eigenvalue weighted by atomic mass is 35.5. The van der Waals surface area contributed by atoms with E-state index in [1.54, 1.807) is 18.3 Å². The maximum atomic E-state index is 13.1. The van der Waals surface area contributed by atoms with Gasteiger partial charge in [0.2, 0.25) is 5.88 Å². The van der Waals surface area contributed by atoms with Crippen LogP contribution in [-0.4, -0.2) is 17.5 Å². The van der Waals surface area contributed by atoms with Crippen molar-refractivity contribution in [2.24, 2.45) is 0 Å². The molecule has 2 aromatic carbocycles. The molecule has 144 valence electrons. The van der Waals surface area contributed by atoms with Gasteiger partial charge in [-0.15, -0.1) is 0 Å². The summed E-state index contributed by atoms with van der Waals surface area (Å²) in [4.78, 5) is 16.1. The third-order valence-electron chi connectivity index (χ3n) is 3.78. The smallest absolute Gasteiger partial charge is 0.258 e. The van der Waals surface area contributed by atoms with Gasteiger partial charge >= 0.3 is 0 Å². The lowest BCUT2D eigenvalue weighted by Crippen LogP contribution is -2.28. The summed E-state index contributed by atoms with van der Waals surface area (Å²) in [6.45, 7) is 0.513. The van der Waals surface area contributed by atoms with Gasteiger partial charge in [0.05, 0.1) is 5.02 Å². The number of hydrogen-bond donors (Lipinski definition) is 1. The van der Waals surface area contributed by atoms with Crippen molar-refractivity contribution in [1.82, 2.24) is 10.3 Å². The molecule has 5 nitrogen and oxygen atoms in total. The molecule has 0 aliphatic rings. The fourth-order valence-corrected chi connectivity index (χ4v) is 2.51. The minimum absolute atomic E-state index is 0.0577. The monoisotopic (exact) mass is 400 g/mol. The molecule has 0 spiro atoms. The van der Waals surface area contributed by atoms with Gasteiger partial charge in [-0.3, -0.25) is 4.79 Å². The number of aromatic nitrogens is 1. The summed E-state index contributed by atoms with van der Waals surface area (Å²) in [5.41, 5.74) is 1.89. The van der Waals surface area contributed by atoms with E-state index in [4.69, 9.17) is 21.1 Å². The summed E-state index contributed by atoms with van der Waals surface area (Å²) >= 11 is 5.68.